The van der Waals surface area contributed by atoms with E-state index in [4.69, 9.17) is 20.6 Å². The van der Waals surface area contributed by atoms with Crippen LogP contribution in [0.15, 0.2) is 0 Å². The van der Waals surface area contributed by atoms with Gasteiger partial charge >= 0.3 is 5.97 Å². The molecule has 0 radical (unpaired) electrons. The first kappa shape index (κ1) is 11.0. The van der Waals surface area contributed by atoms with Gasteiger partial charge in [0.25, 0.3) is 0 Å². The SMILES string of the molecule is C#CC1(OC(C)=O)COC(C)(C)OC1. The predicted octanol–water partition coefficient (Wildman–Crippen LogP) is 0.704. The van der Waals surface area contributed by atoms with Crippen LogP contribution in [0.3, 0.4) is 0 Å². The molecule has 0 unspecified atom stereocenters. The van der Waals surface area contributed by atoms with E-state index in [0.29, 0.717) is 0 Å². The largest absolute Gasteiger partial charge is 0.441 e. The lowest BCUT2D eigenvalue weighted by atomic mass is 10.1. The zero-order chi connectivity index (χ0) is 10.8. The highest BCUT2D eigenvalue weighted by Crippen LogP contribution is 2.25. The molecule has 0 saturated carbocycles. The highest BCUT2D eigenvalue weighted by Gasteiger charge is 2.41. The topological polar surface area (TPSA) is 44.8 Å². The lowest BCUT2D eigenvalue weighted by Crippen LogP contribution is -2.52. The summed E-state index contributed by atoms with van der Waals surface area (Å²) in [5, 5.41) is 0. The summed E-state index contributed by atoms with van der Waals surface area (Å²) in [5.41, 5.74) is -1.07. The standard InChI is InChI=1S/C10H14O4/c1-5-10(14-8(2)11)6-12-9(3,4)13-7-10/h1H,6-7H2,2-4H3. The molecule has 4 heteroatoms. The Morgan fingerprint density at radius 1 is 1.43 bits per heavy atom. The molecule has 78 valence electrons. The Labute approximate surface area is 83.5 Å². The highest BCUT2D eigenvalue weighted by molar-refractivity contribution is 5.67. The minimum absolute atomic E-state index is 0.163. The van der Waals surface area contributed by atoms with Crippen LogP contribution < -0.4 is 0 Å². The highest BCUT2D eigenvalue weighted by atomic mass is 16.7. The van der Waals surface area contributed by atoms with E-state index < -0.39 is 17.4 Å². The molecule has 0 atom stereocenters. The smallest absolute Gasteiger partial charge is 0.304 e. The van der Waals surface area contributed by atoms with E-state index in [1.54, 1.807) is 13.8 Å². The van der Waals surface area contributed by atoms with Crippen molar-refractivity contribution in [2.45, 2.75) is 32.2 Å². The first-order valence-electron chi connectivity index (χ1n) is 4.34. The van der Waals surface area contributed by atoms with Gasteiger partial charge in [0.2, 0.25) is 5.60 Å². The second-order valence-corrected chi connectivity index (χ2v) is 3.71. The molecule has 0 spiro atoms. The zero-order valence-corrected chi connectivity index (χ0v) is 8.62. The summed E-state index contributed by atoms with van der Waals surface area (Å²) in [7, 11) is 0. The molecule has 1 aliphatic heterocycles. The number of esters is 1. The zero-order valence-electron chi connectivity index (χ0n) is 8.62. The van der Waals surface area contributed by atoms with Crippen LogP contribution in [0, 0.1) is 12.3 Å². The summed E-state index contributed by atoms with van der Waals surface area (Å²) in [5.74, 6) is 1.29. The fourth-order valence-corrected chi connectivity index (χ4v) is 1.11. The van der Waals surface area contributed by atoms with Crippen LogP contribution in [0.2, 0.25) is 0 Å². The summed E-state index contributed by atoms with van der Waals surface area (Å²) < 4.78 is 15.7. The molecule has 1 rings (SSSR count). The van der Waals surface area contributed by atoms with Crippen LogP contribution in [-0.4, -0.2) is 30.6 Å². The van der Waals surface area contributed by atoms with Crippen LogP contribution in [0.25, 0.3) is 0 Å². The third-order valence-corrected chi connectivity index (χ3v) is 1.91. The van der Waals surface area contributed by atoms with E-state index in [9.17, 15) is 4.79 Å². The van der Waals surface area contributed by atoms with E-state index in [2.05, 4.69) is 5.92 Å². The fourth-order valence-electron chi connectivity index (χ4n) is 1.11. The maximum atomic E-state index is 10.8. The number of hydrogen-bond acceptors (Lipinski definition) is 4. The van der Waals surface area contributed by atoms with E-state index in [1.165, 1.54) is 6.92 Å². The maximum Gasteiger partial charge on any atom is 0.304 e. The van der Waals surface area contributed by atoms with Gasteiger partial charge in [0, 0.05) is 6.92 Å². The van der Waals surface area contributed by atoms with Crippen LogP contribution >= 0.6 is 0 Å². The third-order valence-electron chi connectivity index (χ3n) is 1.91. The van der Waals surface area contributed by atoms with Gasteiger partial charge in [-0.1, -0.05) is 5.92 Å². The average Bonchev–Trinajstić information content (AvgIpc) is 2.09. The molecular weight excluding hydrogens is 184 g/mol. The molecule has 4 nitrogen and oxygen atoms in total. The minimum atomic E-state index is -1.07. The minimum Gasteiger partial charge on any atom is -0.441 e. The van der Waals surface area contributed by atoms with Gasteiger partial charge in [-0.25, -0.2) is 0 Å². The van der Waals surface area contributed by atoms with Gasteiger partial charge < -0.3 is 14.2 Å². The van der Waals surface area contributed by atoms with Gasteiger partial charge in [-0.05, 0) is 13.8 Å². The molecule has 1 saturated heterocycles. The van der Waals surface area contributed by atoms with Gasteiger partial charge in [0.05, 0.1) is 0 Å². The lowest BCUT2D eigenvalue weighted by Gasteiger charge is -2.39. The van der Waals surface area contributed by atoms with Crippen molar-refractivity contribution in [2.75, 3.05) is 13.2 Å². The van der Waals surface area contributed by atoms with Gasteiger partial charge in [0.15, 0.2) is 5.79 Å². The maximum absolute atomic E-state index is 10.8. The molecule has 1 heterocycles. The fraction of sp³-hybridized carbons (Fsp3) is 0.700. The second kappa shape index (κ2) is 3.60. The van der Waals surface area contributed by atoms with Crippen molar-refractivity contribution in [3.05, 3.63) is 0 Å². The molecule has 1 fully saturated rings. The number of rotatable bonds is 1. The summed E-state index contributed by atoms with van der Waals surface area (Å²) in [6, 6.07) is 0. The van der Waals surface area contributed by atoms with Crippen molar-refractivity contribution in [1.82, 2.24) is 0 Å². The van der Waals surface area contributed by atoms with E-state index >= 15 is 0 Å². The molecule has 0 aliphatic carbocycles. The molecular formula is C10H14O4. The molecule has 1 aliphatic rings. The van der Waals surface area contributed by atoms with E-state index in [1.807, 2.05) is 0 Å². The Hall–Kier alpha value is -1.05. The van der Waals surface area contributed by atoms with Crippen molar-refractivity contribution >= 4 is 5.97 Å². The first-order valence-corrected chi connectivity index (χ1v) is 4.34. The average molecular weight is 198 g/mol. The van der Waals surface area contributed by atoms with Gasteiger partial charge in [-0.2, -0.15) is 0 Å². The molecule has 0 aromatic rings. The number of carbonyl (C=O) groups excluding carboxylic acids is 1. The lowest BCUT2D eigenvalue weighted by molar-refractivity contribution is -0.291. The van der Waals surface area contributed by atoms with E-state index in [-0.39, 0.29) is 13.2 Å². The molecule has 0 aromatic heterocycles. The molecule has 0 aromatic carbocycles. The van der Waals surface area contributed by atoms with Gasteiger partial charge in [-0.15, -0.1) is 6.42 Å². The summed E-state index contributed by atoms with van der Waals surface area (Å²) in [4.78, 5) is 10.8. The van der Waals surface area contributed by atoms with Gasteiger partial charge in [0.1, 0.15) is 13.2 Å². The predicted molar refractivity (Wildman–Crippen MR) is 49.3 cm³/mol. The molecule has 0 N–H and O–H groups in total. The van der Waals surface area contributed by atoms with Gasteiger partial charge in [-0.3, -0.25) is 4.79 Å². The van der Waals surface area contributed by atoms with Crippen molar-refractivity contribution < 1.29 is 19.0 Å². The van der Waals surface area contributed by atoms with Crippen LogP contribution in [0.5, 0.6) is 0 Å². The number of carbonyl (C=O) groups is 1. The van der Waals surface area contributed by atoms with Crippen LogP contribution in [-0.2, 0) is 19.0 Å². The Kier molecular flexibility index (Phi) is 2.84. The summed E-state index contributed by atoms with van der Waals surface area (Å²) in [6.45, 7) is 5.19. The van der Waals surface area contributed by atoms with Crippen molar-refractivity contribution in [1.29, 1.82) is 0 Å². The Morgan fingerprint density at radius 2 is 1.93 bits per heavy atom. The monoisotopic (exact) mass is 198 g/mol. The second-order valence-electron chi connectivity index (χ2n) is 3.71. The number of terminal acetylenes is 1. The number of hydrogen-bond donors (Lipinski definition) is 0. The summed E-state index contributed by atoms with van der Waals surface area (Å²) >= 11 is 0. The first-order chi connectivity index (χ1) is 6.39. The number of ether oxygens (including phenoxy) is 3. The van der Waals surface area contributed by atoms with Crippen LogP contribution in [0.1, 0.15) is 20.8 Å². The Balaban J connectivity index is 2.67. The normalized spacial score (nSPS) is 23.6. The Morgan fingerprint density at radius 3 is 2.29 bits per heavy atom. The molecule has 0 bridgehead atoms. The third kappa shape index (κ3) is 2.47. The quantitative estimate of drug-likeness (QED) is 0.459. The molecule has 14 heavy (non-hydrogen) atoms. The van der Waals surface area contributed by atoms with Crippen molar-refractivity contribution in [3.8, 4) is 12.3 Å². The van der Waals surface area contributed by atoms with Crippen molar-refractivity contribution in [3.63, 3.8) is 0 Å². The van der Waals surface area contributed by atoms with Crippen LogP contribution in [0.4, 0.5) is 0 Å². The Bertz CT molecular complexity index is 264. The summed E-state index contributed by atoms with van der Waals surface area (Å²) in [6.07, 6.45) is 5.29. The van der Waals surface area contributed by atoms with E-state index in [0.717, 1.165) is 0 Å². The van der Waals surface area contributed by atoms with Crippen molar-refractivity contribution in [2.24, 2.45) is 0 Å². The molecule has 0 amide bonds.